The zero-order valence-corrected chi connectivity index (χ0v) is 15.2. The first-order valence-electron chi connectivity index (χ1n) is 9.79. The molecule has 0 aliphatic heterocycles. The Labute approximate surface area is 144 Å². The lowest BCUT2D eigenvalue weighted by Gasteiger charge is -2.59. The fourth-order valence-electron chi connectivity index (χ4n) is 7.42. The van der Waals surface area contributed by atoms with Gasteiger partial charge < -0.3 is 5.11 Å². The predicted molar refractivity (Wildman–Crippen MR) is 92.2 cm³/mol. The van der Waals surface area contributed by atoms with E-state index in [1.165, 1.54) is 5.57 Å². The molecule has 2 nitrogen and oxygen atoms in total. The van der Waals surface area contributed by atoms with Crippen LogP contribution < -0.4 is 0 Å². The van der Waals surface area contributed by atoms with E-state index in [4.69, 9.17) is 0 Å². The number of alkyl halides is 1. The van der Waals surface area contributed by atoms with Gasteiger partial charge in [0.2, 0.25) is 0 Å². The number of carbonyl (C=O) groups is 1. The molecule has 4 aliphatic rings. The van der Waals surface area contributed by atoms with E-state index in [0.717, 1.165) is 32.1 Å². The molecule has 0 radical (unpaired) electrons. The van der Waals surface area contributed by atoms with Crippen molar-refractivity contribution in [2.24, 2.45) is 34.5 Å². The molecule has 3 unspecified atom stereocenters. The maximum absolute atomic E-state index is 13.9. The Morgan fingerprint density at radius 2 is 2.04 bits per heavy atom. The van der Waals surface area contributed by atoms with Gasteiger partial charge in [-0.05, 0) is 74.0 Å². The largest absolute Gasteiger partial charge is 0.393 e. The van der Waals surface area contributed by atoms with Crippen molar-refractivity contribution in [3.8, 4) is 0 Å². The second kappa shape index (κ2) is 5.40. The third kappa shape index (κ3) is 2.12. The fourth-order valence-corrected chi connectivity index (χ4v) is 7.42. The lowest BCUT2D eigenvalue weighted by atomic mass is 9.46. The lowest BCUT2D eigenvalue weighted by molar-refractivity contribution is -0.139. The average Bonchev–Trinajstić information content (AvgIpc) is 2.84. The van der Waals surface area contributed by atoms with E-state index in [2.05, 4.69) is 19.9 Å². The van der Waals surface area contributed by atoms with Gasteiger partial charge in [0.25, 0.3) is 0 Å². The molecule has 0 heterocycles. The van der Waals surface area contributed by atoms with E-state index in [0.29, 0.717) is 30.5 Å². The highest BCUT2D eigenvalue weighted by Gasteiger charge is 2.62. The van der Waals surface area contributed by atoms with Crippen LogP contribution in [0.4, 0.5) is 4.39 Å². The Kier molecular flexibility index (Phi) is 3.77. The highest BCUT2D eigenvalue weighted by Crippen LogP contribution is 2.66. The molecule has 0 aromatic heterocycles. The van der Waals surface area contributed by atoms with Crippen molar-refractivity contribution in [2.45, 2.75) is 78.0 Å². The van der Waals surface area contributed by atoms with Crippen LogP contribution in [0.2, 0.25) is 0 Å². The van der Waals surface area contributed by atoms with Crippen LogP contribution in [-0.2, 0) is 4.79 Å². The Balaban J connectivity index is 1.71. The van der Waals surface area contributed by atoms with Crippen LogP contribution in [0.3, 0.4) is 0 Å². The minimum absolute atomic E-state index is 0.0411. The summed E-state index contributed by atoms with van der Waals surface area (Å²) in [5.74, 6) is 1.62. The van der Waals surface area contributed by atoms with Crippen LogP contribution in [0, 0.1) is 34.5 Å². The van der Waals surface area contributed by atoms with Crippen LogP contribution in [0.5, 0.6) is 0 Å². The number of aliphatic hydroxyl groups excluding tert-OH is 1. The second-order valence-electron chi connectivity index (χ2n) is 9.54. The molecule has 0 spiro atoms. The van der Waals surface area contributed by atoms with E-state index >= 15 is 0 Å². The molecule has 3 fully saturated rings. The van der Waals surface area contributed by atoms with Crippen LogP contribution in [-0.4, -0.2) is 23.2 Å². The maximum atomic E-state index is 13.9. The van der Waals surface area contributed by atoms with Crippen molar-refractivity contribution in [3.63, 3.8) is 0 Å². The molecule has 0 bridgehead atoms. The molecule has 134 valence electrons. The minimum Gasteiger partial charge on any atom is -0.393 e. The quantitative estimate of drug-likeness (QED) is 0.719. The van der Waals surface area contributed by atoms with Crippen molar-refractivity contribution in [2.75, 3.05) is 0 Å². The number of halogens is 1. The standard InChI is InChI=1S/C21H31FO2/c1-12(23)16-6-7-17-15-5-4-13-10-14(22)8-9-20(13,2)19(15)18(24)11-21(16,17)3/h4,14-19,24H,5-11H2,1-3H3/t14-,15?,16-,17?,18+,19?,20+,21-/m1/s1. The van der Waals surface area contributed by atoms with Gasteiger partial charge in [-0.3, -0.25) is 4.79 Å². The van der Waals surface area contributed by atoms with Gasteiger partial charge in [0.05, 0.1) is 6.10 Å². The predicted octanol–water partition coefficient (Wildman–Crippen LogP) is 4.46. The van der Waals surface area contributed by atoms with E-state index < -0.39 is 6.17 Å². The van der Waals surface area contributed by atoms with Crippen molar-refractivity contribution >= 4 is 5.78 Å². The number of allylic oxidation sites excluding steroid dienone is 2. The van der Waals surface area contributed by atoms with Crippen LogP contribution in [0.15, 0.2) is 11.6 Å². The third-order valence-electron chi connectivity index (χ3n) is 8.47. The molecular formula is C21H31FO2. The summed E-state index contributed by atoms with van der Waals surface area (Å²) in [5.41, 5.74) is 1.16. The molecule has 3 saturated carbocycles. The number of hydrogen-bond donors (Lipinski definition) is 1. The maximum Gasteiger partial charge on any atom is 0.133 e. The van der Waals surface area contributed by atoms with Crippen molar-refractivity contribution in [3.05, 3.63) is 11.6 Å². The number of ketones is 1. The van der Waals surface area contributed by atoms with Gasteiger partial charge in [-0.25, -0.2) is 4.39 Å². The molecule has 4 rings (SSSR count). The number of fused-ring (bicyclic) bond motifs is 5. The summed E-state index contributed by atoms with van der Waals surface area (Å²) in [4.78, 5) is 12.2. The average molecular weight is 334 g/mol. The summed E-state index contributed by atoms with van der Waals surface area (Å²) in [6.07, 6.45) is 7.07. The van der Waals surface area contributed by atoms with Crippen molar-refractivity contribution in [1.82, 2.24) is 0 Å². The Morgan fingerprint density at radius 3 is 2.75 bits per heavy atom. The van der Waals surface area contributed by atoms with Gasteiger partial charge in [0, 0.05) is 12.3 Å². The van der Waals surface area contributed by atoms with Crippen molar-refractivity contribution < 1.29 is 14.3 Å². The first-order chi connectivity index (χ1) is 11.3. The number of Topliss-reactive ketones (excluding diaryl/α,β-unsaturated/α-hetero) is 1. The zero-order chi connectivity index (χ0) is 17.3. The number of aliphatic hydroxyl groups is 1. The highest BCUT2D eigenvalue weighted by molar-refractivity contribution is 5.79. The van der Waals surface area contributed by atoms with E-state index in [1.54, 1.807) is 6.92 Å². The first kappa shape index (κ1) is 16.8. The van der Waals surface area contributed by atoms with Crippen LogP contribution in [0.25, 0.3) is 0 Å². The van der Waals surface area contributed by atoms with E-state index in [9.17, 15) is 14.3 Å². The molecular weight excluding hydrogens is 303 g/mol. The van der Waals surface area contributed by atoms with Gasteiger partial charge in [-0.2, -0.15) is 0 Å². The normalized spacial score (nSPS) is 53.6. The molecule has 0 aromatic carbocycles. The monoisotopic (exact) mass is 334 g/mol. The molecule has 0 aromatic rings. The number of rotatable bonds is 1. The van der Waals surface area contributed by atoms with E-state index in [-0.39, 0.29) is 28.8 Å². The van der Waals surface area contributed by atoms with E-state index in [1.807, 2.05) is 0 Å². The summed E-state index contributed by atoms with van der Waals surface area (Å²) in [7, 11) is 0. The minimum atomic E-state index is -0.708. The first-order valence-corrected chi connectivity index (χ1v) is 9.79. The topological polar surface area (TPSA) is 37.3 Å². The molecule has 3 heteroatoms. The summed E-state index contributed by atoms with van der Waals surface area (Å²) in [6, 6.07) is 0. The van der Waals surface area contributed by atoms with Crippen molar-refractivity contribution in [1.29, 1.82) is 0 Å². The number of carbonyl (C=O) groups excluding carboxylic acids is 1. The second-order valence-corrected chi connectivity index (χ2v) is 9.54. The van der Waals surface area contributed by atoms with Gasteiger partial charge in [-0.1, -0.05) is 25.5 Å². The number of hydrogen-bond acceptors (Lipinski definition) is 2. The molecule has 8 atom stereocenters. The smallest absolute Gasteiger partial charge is 0.133 e. The van der Waals surface area contributed by atoms with Gasteiger partial charge in [0.1, 0.15) is 12.0 Å². The fraction of sp³-hybridized carbons (Fsp3) is 0.857. The Bertz CT molecular complexity index is 584. The molecule has 4 aliphatic carbocycles. The molecule has 0 amide bonds. The van der Waals surface area contributed by atoms with Gasteiger partial charge in [0.15, 0.2) is 0 Å². The SMILES string of the molecule is CC(=O)[C@H]1CCC2C3CC=C4C[C@H](F)CC[C@]4(C)C3[C@@H](O)C[C@@]21C. The highest BCUT2D eigenvalue weighted by atomic mass is 19.1. The summed E-state index contributed by atoms with van der Waals surface area (Å²) in [5, 5.41) is 11.2. The Hall–Kier alpha value is -0.700. The summed E-state index contributed by atoms with van der Waals surface area (Å²) < 4.78 is 13.9. The zero-order valence-electron chi connectivity index (χ0n) is 15.2. The molecule has 0 saturated heterocycles. The summed E-state index contributed by atoms with van der Waals surface area (Å²) in [6.45, 7) is 6.24. The van der Waals surface area contributed by atoms with Crippen LogP contribution >= 0.6 is 0 Å². The molecule has 1 N–H and O–H groups in total. The third-order valence-corrected chi connectivity index (χ3v) is 8.47. The molecule has 24 heavy (non-hydrogen) atoms. The lowest BCUT2D eigenvalue weighted by Crippen LogP contribution is -2.56. The van der Waals surface area contributed by atoms with Gasteiger partial charge >= 0.3 is 0 Å². The van der Waals surface area contributed by atoms with Crippen LogP contribution in [0.1, 0.15) is 65.7 Å². The summed E-state index contributed by atoms with van der Waals surface area (Å²) >= 11 is 0. The Morgan fingerprint density at radius 1 is 1.29 bits per heavy atom. The van der Waals surface area contributed by atoms with Gasteiger partial charge in [-0.15, -0.1) is 0 Å².